The van der Waals surface area contributed by atoms with Gasteiger partial charge in [0.25, 0.3) is 0 Å². The minimum Gasteiger partial charge on any atom is -0.309 e. The number of rotatable bonds is 3. The molecule has 0 unspecified atom stereocenters. The van der Waals surface area contributed by atoms with Crippen LogP contribution in [-0.2, 0) is 0 Å². The molecule has 0 aliphatic heterocycles. The lowest BCUT2D eigenvalue weighted by Crippen LogP contribution is -1.98. The lowest BCUT2D eigenvalue weighted by Gasteiger charge is -2.16. The topological polar surface area (TPSA) is 9.86 Å². The van der Waals surface area contributed by atoms with Crippen LogP contribution < -0.4 is 0 Å². The van der Waals surface area contributed by atoms with Gasteiger partial charge in [0.1, 0.15) is 0 Å². The molecule has 196 valence electrons. The molecule has 2 aromatic heterocycles. The first-order valence-electron chi connectivity index (χ1n) is 14.3. The molecule has 0 radical (unpaired) electrons. The van der Waals surface area contributed by atoms with Gasteiger partial charge in [0.15, 0.2) is 0 Å². The summed E-state index contributed by atoms with van der Waals surface area (Å²) >= 11 is 0. The molecule has 0 fully saturated rings. The molecule has 0 aliphatic carbocycles. The van der Waals surface area contributed by atoms with Gasteiger partial charge < -0.3 is 9.13 Å². The molecule has 41 heavy (non-hydrogen) atoms. The molecule has 0 amide bonds. The van der Waals surface area contributed by atoms with Crippen molar-refractivity contribution in [1.29, 1.82) is 0 Å². The number of nitrogens with zero attached hydrogens (tertiary/aromatic N) is 2. The zero-order chi connectivity index (χ0) is 27.7. The summed E-state index contributed by atoms with van der Waals surface area (Å²) in [5.74, 6) is 0. The van der Waals surface area contributed by atoms with Crippen LogP contribution in [0.15, 0.2) is 127 Å². The second kappa shape index (κ2) is 8.97. The highest BCUT2D eigenvalue weighted by Crippen LogP contribution is 2.39. The SMILES string of the molecule is Cc1ccc2c(c1)c1ccccc1n2-c1ccc2c(c1)c1cc(C)ccc1n2-c1ccccc1-c1ccccc1C. The van der Waals surface area contributed by atoms with E-state index in [9.17, 15) is 0 Å². The van der Waals surface area contributed by atoms with E-state index in [1.165, 1.54) is 82.8 Å². The van der Waals surface area contributed by atoms with E-state index in [-0.39, 0.29) is 0 Å². The van der Waals surface area contributed by atoms with Gasteiger partial charge in [-0.3, -0.25) is 0 Å². The van der Waals surface area contributed by atoms with Crippen LogP contribution in [0.3, 0.4) is 0 Å². The molecule has 0 saturated heterocycles. The van der Waals surface area contributed by atoms with Crippen molar-refractivity contribution in [3.05, 3.63) is 144 Å². The minimum atomic E-state index is 1.18. The number of hydrogen-bond donors (Lipinski definition) is 0. The van der Waals surface area contributed by atoms with Gasteiger partial charge in [-0.1, -0.05) is 83.9 Å². The summed E-state index contributed by atoms with van der Waals surface area (Å²) in [6, 6.07) is 46.8. The molecule has 8 aromatic rings. The fourth-order valence-electron chi connectivity index (χ4n) is 6.66. The average Bonchev–Trinajstić information content (AvgIpc) is 3.49. The molecular weight excluding hydrogens is 496 g/mol. The Morgan fingerprint density at radius 1 is 0.390 bits per heavy atom. The summed E-state index contributed by atoms with van der Waals surface area (Å²) < 4.78 is 4.87. The van der Waals surface area contributed by atoms with Gasteiger partial charge in [-0.05, 0) is 86.5 Å². The van der Waals surface area contributed by atoms with Crippen molar-refractivity contribution in [1.82, 2.24) is 9.13 Å². The van der Waals surface area contributed by atoms with Crippen LogP contribution in [0.4, 0.5) is 0 Å². The maximum Gasteiger partial charge on any atom is 0.0542 e. The predicted octanol–water partition coefficient (Wildman–Crippen LogP) is 10.5. The fourth-order valence-corrected chi connectivity index (χ4v) is 6.66. The van der Waals surface area contributed by atoms with Crippen molar-refractivity contribution < 1.29 is 0 Å². The standard InChI is InChI=1S/C39H30N2/c1-25-16-19-37-32(22-25)31-13-7-8-14-35(31)40(37)28-18-21-39-34(24-28)33-23-26(2)17-20-38(33)41(39)36-15-9-6-12-30(36)29-11-5-4-10-27(29)3/h4-24H,1-3H3. The van der Waals surface area contributed by atoms with Crippen molar-refractivity contribution in [2.75, 3.05) is 0 Å². The van der Waals surface area contributed by atoms with E-state index in [4.69, 9.17) is 0 Å². The summed E-state index contributed by atoms with van der Waals surface area (Å²) in [5.41, 5.74) is 13.6. The summed E-state index contributed by atoms with van der Waals surface area (Å²) in [5, 5.41) is 5.12. The first-order valence-corrected chi connectivity index (χ1v) is 14.3. The third kappa shape index (κ3) is 3.57. The fraction of sp³-hybridized carbons (Fsp3) is 0.0769. The van der Waals surface area contributed by atoms with Gasteiger partial charge in [-0.15, -0.1) is 0 Å². The van der Waals surface area contributed by atoms with Crippen molar-refractivity contribution in [3.8, 4) is 22.5 Å². The van der Waals surface area contributed by atoms with Gasteiger partial charge in [-0.25, -0.2) is 0 Å². The Labute approximate surface area is 239 Å². The smallest absolute Gasteiger partial charge is 0.0542 e. The van der Waals surface area contributed by atoms with E-state index in [0.717, 1.165) is 0 Å². The lowest BCUT2D eigenvalue weighted by molar-refractivity contribution is 1.16. The molecule has 2 nitrogen and oxygen atoms in total. The highest BCUT2D eigenvalue weighted by molar-refractivity contribution is 6.12. The summed E-state index contributed by atoms with van der Waals surface area (Å²) in [7, 11) is 0. The molecule has 0 N–H and O–H groups in total. The summed E-state index contributed by atoms with van der Waals surface area (Å²) in [6.45, 7) is 6.55. The molecule has 2 heteroatoms. The maximum absolute atomic E-state index is 2.45. The molecule has 6 aromatic carbocycles. The summed E-state index contributed by atoms with van der Waals surface area (Å²) in [6.07, 6.45) is 0. The Bertz CT molecular complexity index is 2290. The second-order valence-electron chi connectivity index (χ2n) is 11.3. The first-order chi connectivity index (χ1) is 20.1. The molecule has 2 heterocycles. The Morgan fingerprint density at radius 2 is 0.927 bits per heavy atom. The van der Waals surface area contributed by atoms with Gasteiger partial charge in [0, 0.05) is 32.8 Å². The van der Waals surface area contributed by atoms with Gasteiger partial charge >= 0.3 is 0 Å². The second-order valence-corrected chi connectivity index (χ2v) is 11.3. The van der Waals surface area contributed by atoms with Crippen LogP contribution in [0.5, 0.6) is 0 Å². The monoisotopic (exact) mass is 526 g/mol. The maximum atomic E-state index is 2.45. The van der Waals surface area contributed by atoms with E-state index < -0.39 is 0 Å². The predicted molar refractivity (Wildman–Crippen MR) is 175 cm³/mol. The van der Waals surface area contributed by atoms with Crippen molar-refractivity contribution in [2.24, 2.45) is 0 Å². The number of benzene rings is 6. The van der Waals surface area contributed by atoms with Gasteiger partial charge in [0.2, 0.25) is 0 Å². The Kier molecular flexibility index (Phi) is 5.20. The number of aromatic nitrogens is 2. The average molecular weight is 527 g/mol. The largest absolute Gasteiger partial charge is 0.309 e. The highest BCUT2D eigenvalue weighted by atomic mass is 15.0. The number of fused-ring (bicyclic) bond motifs is 6. The molecule has 0 spiro atoms. The van der Waals surface area contributed by atoms with E-state index in [1.54, 1.807) is 0 Å². The quantitative estimate of drug-likeness (QED) is 0.217. The number of hydrogen-bond acceptors (Lipinski definition) is 0. The molecular formula is C39H30N2. The van der Waals surface area contributed by atoms with E-state index in [1.807, 2.05) is 0 Å². The summed E-state index contributed by atoms with van der Waals surface area (Å²) in [4.78, 5) is 0. The lowest BCUT2D eigenvalue weighted by atomic mass is 9.99. The minimum absolute atomic E-state index is 1.18. The van der Waals surface area contributed by atoms with Crippen molar-refractivity contribution in [2.45, 2.75) is 20.8 Å². The van der Waals surface area contributed by atoms with E-state index in [0.29, 0.717) is 0 Å². The Morgan fingerprint density at radius 3 is 1.68 bits per heavy atom. The van der Waals surface area contributed by atoms with E-state index in [2.05, 4.69) is 157 Å². The Hall–Kier alpha value is -5.08. The molecule has 0 atom stereocenters. The normalized spacial score (nSPS) is 11.8. The number of para-hydroxylation sites is 2. The molecule has 0 aliphatic rings. The molecule has 0 bridgehead atoms. The molecule has 0 saturated carbocycles. The van der Waals surface area contributed by atoms with Crippen LogP contribution in [-0.4, -0.2) is 9.13 Å². The zero-order valence-corrected chi connectivity index (χ0v) is 23.5. The van der Waals surface area contributed by atoms with E-state index >= 15 is 0 Å². The third-order valence-corrected chi connectivity index (χ3v) is 8.57. The van der Waals surface area contributed by atoms with Crippen LogP contribution in [0.25, 0.3) is 66.1 Å². The third-order valence-electron chi connectivity index (χ3n) is 8.57. The van der Waals surface area contributed by atoms with Crippen LogP contribution in [0, 0.1) is 20.8 Å². The zero-order valence-electron chi connectivity index (χ0n) is 23.5. The van der Waals surface area contributed by atoms with Gasteiger partial charge in [0.05, 0.1) is 27.8 Å². The number of aryl methyl sites for hydroxylation is 3. The highest BCUT2D eigenvalue weighted by Gasteiger charge is 2.18. The van der Waals surface area contributed by atoms with Crippen molar-refractivity contribution in [3.63, 3.8) is 0 Å². The van der Waals surface area contributed by atoms with Crippen molar-refractivity contribution >= 4 is 43.6 Å². The van der Waals surface area contributed by atoms with Gasteiger partial charge in [-0.2, -0.15) is 0 Å². The Balaban J connectivity index is 1.45. The first kappa shape index (κ1) is 23.8. The van der Waals surface area contributed by atoms with Crippen LogP contribution in [0.2, 0.25) is 0 Å². The molecule has 8 rings (SSSR count). The van der Waals surface area contributed by atoms with Crippen LogP contribution in [0.1, 0.15) is 16.7 Å². The van der Waals surface area contributed by atoms with Crippen LogP contribution >= 0.6 is 0 Å².